The summed E-state index contributed by atoms with van der Waals surface area (Å²) in [6.45, 7) is 2.86. The van der Waals surface area contributed by atoms with Gasteiger partial charge in [0.15, 0.2) is 0 Å². The molecule has 0 fully saturated rings. The van der Waals surface area contributed by atoms with E-state index in [2.05, 4.69) is 5.32 Å². The largest absolute Gasteiger partial charge is 0.355 e. The van der Waals surface area contributed by atoms with Gasteiger partial charge in [-0.15, -0.1) is 0 Å². The highest BCUT2D eigenvalue weighted by Gasteiger charge is 2.33. The number of carbonyl (C=O) groups is 2. The van der Waals surface area contributed by atoms with Crippen molar-refractivity contribution in [3.05, 3.63) is 94.2 Å². The number of likely N-dealkylation sites (N-methyl/N-ethyl adjacent to an activating group) is 1. The Kier molecular flexibility index (Phi) is 9.53. The quantitative estimate of drug-likeness (QED) is 0.379. The van der Waals surface area contributed by atoms with E-state index in [4.69, 9.17) is 23.2 Å². The molecule has 11 heteroatoms. The summed E-state index contributed by atoms with van der Waals surface area (Å²) in [7, 11) is -4.28. The van der Waals surface area contributed by atoms with Crippen LogP contribution in [0.3, 0.4) is 0 Å². The lowest BCUT2D eigenvalue weighted by atomic mass is 10.1. The zero-order valence-electron chi connectivity index (χ0n) is 20.2. The van der Waals surface area contributed by atoms with Gasteiger partial charge in [-0.25, -0.2) is 12.8 Å². The van der Waals surface area contributed by atoms with E-state index < -0.39 is 40.2 Å². The summed E-state index contributed by atoms with van der Waals surface area (Å²) in [5.74, 6) is -1.68. The molecule has 0 saturated carbocycles. The van der Waals surface area contributed by atoms with Crippen molar-refractivity contribution in [3.63, 3.8) is 0 Å². The van der Waals surface area contributed by atoms with Crippen LogP contribution in [0.5, 0.6) is 0 Å². The average Bonchev–Trinajstić information content (AvgIpc) is 2.87. The molecule has 3 aromatic carbocycles. The first-order chi connectivity index (χ1) is 17.6. The minimum Gasteiger partial charge on any atom is -0.355 e. The summed E-state index contributed by atoms with van der Waals surface area (Å²) in [6.07, 6.45) is 0. The number of para-hydroxylation sites is 1. The van der Waals surface area contributed by atoms with Crippen LogP contribution in [0.15, 0.2) is 77.7 Å². The molecule has 0 aliphatic carbocycles. The number of hydrogen-bond donors (Lipinski definition) is 1. The Morgan fingerprint density at radius 3 is 2.11 bits per heavy atom. The number of benzene rings is 3. The molecule has 1 atom stereocenters. The van der Waals surface area contributed by atoms with Gasteiger partial charge in [0.05, 0.1) is 10.6 Å². The fourth-order valence-electron chi connectivity index (χ4n) is 3.62. The van der Waals surface area contributed by atoms with Gasteiger partial charge in [0, 0.05) is 28.7 Å². The van der Waals surface area contributed by atoms with Crippen LogP contribution in [0, 0.1) is 5.82 Å². The molecule has 0 unspecified atom stereocenters. The first-order valence-electron chi connectivity index (χ1n) is 11.4. The molecule has 0 radical (unpaired) electrons. The van der Waals surface area contributed by atoms with Gasteiger partial charge < -0.3 is 10.2 Å². The van der Waals surface area contributed by atoms with Crippen molar-refractivity contribution < 1.29 is 22.4 Å². The number of rotatable bonds is 10. The molecule has 0 aromatic heterocycles. The lowest BCUT2D eigenvalue weighted by Gasteiger charge is -2.32. The molecule has 0 heterocycles. The standard InChI is InChI=1S/C26H26Cl2FN3O4S/c1-3-30-26(34)18(2)31(16-22-23(27)10-7-11-24(22)28)25(33)17-32(20-8-5-4-6-9-20)37(35,36)21-14-12-19(29)13-15-21/h4-15,18H,3,16-17H2,1-2H3,(H,30,34)/t18-/m1/s1. The van der Waals surface area contributed by atoms with E-state index >= 15 is 0 Å². The maximum absolute atomic E-state index is 13.7. The summed E-state index contributed by atoms with van der Waals surface area (Å²) in [4.78, 5) is 27.5. The van der Waals surface area contributed by atoms with Gasteiger partial charge >= 0.3 is 0 Å². The number of anilines is 1. The molecule has 196 valence electrons. The topological polar surface area (TPSA) is 86.8 Å². The lowest BCUT2D eigenvalue weighted by molar-refractivity contribution is -0.139. The van der Waals surface area contributed by atoms with E-state index in [1.54, 1.807) is 43.3 Å². The molecule has 2 amide bonds. The van der Waals surface area contributed by atoms with Crippen LogP contribution in [0.25, 0.3) is 0 Å². The molecule has 3 rings (SSSR count). The summed E-state index contributed by atoms with van der Waals surface area (Å²) in [5.41, 5.74) is 0.643. The predicted octanol–water partition coefficient (Wildman–Crippen LogP) is 4.88. The smallest absolute Gasteiger partial charge is 0.264 e. The Balaban J connectivity index is 2.04. The molecular weight excluding hydrogens is 540 g/mol. The molecular formula is C26H26Cl2FN3O4S. The number of carbonyl (C=O) groups excluding carboxylic acids is 2. The molecule has 37 heavy (non-hydrogen) atoms. The Morgan fingerprint density at radius 1 is 0.946 bits per heavy atom. The van der Waals surface area contributed by atoms with Crippen LogP contribution < -0.4 is 9.62 Å². The van der Waals surface area contributed by atoms with Crippen LogP contribution >= 0.6 is 23.2 Å². The zero-order chi connectivity index (χ0) is 27.2. The third kappa shape index (κ3) is 6.80. The van der Waals surface area contributed by atoms with Crippen LogP contribution in [-0.4, -0.2) is 44.3 Å². The van der Waals surface area contributed by atoms with Crippen molar-refractivity contribution in [1.82, 2.24) is 10.2 Å². The SMILES string of the molecule is CCNC(=O)[C@@H](C)N(Cc1c(Cl)cccc1Cl)C(=O)CN(c1ccccc1)S(=O)(=O)c1ccc(F)cc1. The fourth-order valence-corrected chi connectivity index (χ4v) is 5.55. The van der Waals surface area contributed by atoms with Crippen molar-refractivity contribution in [3.8, 4) is 0 Å². The highest BCUT2D eigenvalue weighted by atomic mass is 35.5. The monoisotopic (exact) mass is 565 g/mol. The molecule has 3 aromatic rings. The third-order valence-electron chi connectivity index (χ3n) is 5.63. The van der Waals surface area contributed by atoms with Gasteiger partial charge in [0.1, 0.15) is 18.4 Å². The van der Waals surface area contributed by atoms with Crippen molar-refractivity contribution in [2.75, 3.05) is 17.4 Å². The predicted molar refractivity (Wildman–Crippen MR) is 143 cm³/mol. The number of hydrogen-bond acceptors (Lipinski definition) is 4. The Bertz CT molecular complexity index is 1340. The molecule has 0 spiro atoms. The van der Waals surface area contributed by atoms with E-state index in [1.807, 2.05) is 0 Å². The van der Waals surface area contributed by atoms with Crippen LogP contribution in [0.2, 0.25) is 10.0 Å². The molecule has 0 aliphatic heterocycles. The lowest BCUT2D eigenvalue weighted by Crippen LogP contribution is -2.51. The van der Waals surface area contributed by atoms with Gasteiger partial charge in [0.2, 0.25) is 11.8 Å². The van der Waals surface area contributed by atoms with Gasteiger partial charge in [0.25, 0.3) is 10.0 Å². The van der Waals surface area contributed by atoms with E-state index in [-0.39, 0.29) is 17.1 Å². The normalized spacial score (nSPS) is 12.0. The minimum atomic E-state index is -4.28. The van der Waals surface area contributed by atoms with E-state index in [1.165, 1.54) is 24.0 Å². The maximum atomic E-state index is 13.7. The van der Waals surface area contributed by atoms with Crippen LogP contribution in [-0.2, 0) is 26.2 Å². The van der Waals surface area contributed by atoms with Gasteiger partial charge in [-0.05, 0) is 62.4 Å². The summed E-state index contributed by atoms with van der Waals surface area (Å²) in [6, 6.07) is 16.3. The maximum Gasteiger partial charge on any atom is 0.264 e. The summed E-state index contributed by atoms with van der Waals surface area (Å²) >= 11 is 12.7. The van der Waals surface area contributed by atoms with Gasteiger partial charge in [-0.3, -0.25) is 13.9 Å². The minimum absolute atomic E-state index is 0.130. The zero-order valence-corrected chi connectivity index (χ0v) is 22.5. The Morgan fingerprint density at radius 2 is 1.54 bits per heavy atom. The van der Waals surface area contributed by atoms with Crippen LogP contribution in [0.1, 0.15) is 19.4 Å². The van der Waals surface area contributed by atoms with E-state index in [9.17, 15) is 22.4 Å². The number of nitrogens with one attached hydrogen (secondary N) is 1. The number of nitrogens with zero attached hydrogens (tertiary/aromatic N) is 2. The van der Waals surface area contributed by atoms with Gasteiger partial charge in [-0.2, -0.15) is 0 Å². The summed E-state index contributed by atoms with van der Waals surface area (Å²) < 4.78 is 41.6. The molecule has 7 nitrogen and oxygen atoms in total. The molecule has 1 N–H and O–H groups in total. The van der Waals surface area contributed by atoms with Gasteiger partial charge in [-0.1, -0.05) is 47.5 Å². The Labute approximate surface area is 225 Å². The molecule has 0 saturated heterocycles. The highest BCUT2D eigenvalue weighted by Crippen LogP contribution is 2.28. The van der Waals surface area contributed by atoms with Crippen molar-refractivity contribution in [1.29, 1.82) is 0 Å². The second-order valence-corrected chi connectivity index (χ2v) is 10.8. The van der Waals surface area contributed by atoms with Crippen molar-refractivity contribution >= 4 is 50.7 Å². The number of halogens is 3. The number of amides is 2. The highest BCUT2D eigenvalue weighted by molar-refractivity contribution is 7.92. The second kappa shape index (κ2) is 12.4. The first kappa shape index (κ1) is 28.4. The number of sulfonamides is 1. The molecule has 0 bridgehead atoms. The first-order valence-corrected chi connectivity index (χ1v) is 13.6. The average molecular weight is 566 g/mol. The summed E-state index contributed by atoms with van der Waals surface area (Å²) in [5, 5.41) is 3.27. The van der Waals surface area contributed by atoms with Crippen molar-refractivity contribution in [2.45, 2.75) is 31.3 Å². The second-order valence-electron chi connectivity index (χ2n) is 8.09. The molecule has 0 aliphatic rings. The fraction of sp³-hybridized carbons (Fsp3) is 0.231. The van der Waals surface area contributed by atoms with Crippen LogP contribution in [0.4, 0.5) is 10.1 Å². The van der Waals surface area contributed by atoms with Crippen molar-refractivity contribution in [2.24, 2.45) is 0 Å². The van der Waals surface area contributed by atoms with E-state index in [0.717, 1.165) is 28.6 Å². The third-order valence-corrected chi connectivity index (χ3v) is 8.13. The Hall–Kier alpha value is -3.14. The van der Waals surface area contributed by atoms with E-state index in [0.29, 0.717) is 22.2 Å².